The van der Waals surface area contributed by atoms with Crippen LogP contribution in [0.5, 0.6) is 5.75 Å². The van der Waals surface area contributed by atoms with Crippen LogP contribution in [0.3, 0.4) is 0 Å². The van der Waals surface area contributed by atoms with Crippen LogP contribution in [0.15, 0.2) is 18.2 Å². The predicted octanol–water partition coefficient (Wildman–Crippen LogP) is 2.21. The van der Waals surface area contributed by atoms with E-state index in [-0.39, 0.29) is 18.2 Å². The van der Waals surface area contributed by atoms with Gasteiger partial charge in [0.1, 0.15) is 11.8 Å². The van der Waals surface area contributed by atoms with Crippen LogP contribution < -0.4 is 15.4 Å². The lowest BCUT2D eigenvalue weighted by molar-refractivity contribution is -0.134. The van der Waals surface area contributed by atoms with Crippen molar-refractivity contribution < 1.29 is 19.1 Å². The summed E-state index contributed by atoms with van der Waals surface area (Å²) in [7, 11) is 1.57. The summed E-state index contributed by atoms with van der Waals surface area (Å²) in [5.74, 6) is -0.385. The summed E-state index contributed by atoms with van der Waals surface area (Å²) in [5.41, 5.74) is 1.36. The van der Waals surface area contributed by atoms with Gasteiger partial charge in [-0.05, 0) is 36.6 Å². The number of amides is 3. The third kappa shape index (κ3) is 5.37. The Hall–Kier alpha value is -2.37. The number of ether oxygens (including phenoxy) is 1. The summed E-state index contributed by atoms with van der Waals surface area (Å²) in [6, 6.07) is 4.53. The van der Waals surface area contributed by atoms with E-state index >= 15 is 0 Å². The molecular formula is C18H26N2O4. The van der Waals surface area contributed by atoms with Crippen LogP contribution >= 0.6 is 0 Å². The molecule has 3 amide bonds. The van der Waals surface area contributed by atoms with Gasteiger partial charge in [-0.15, -0.1) is 0 Å². The number of benzene rings is 1. The third-order valence-electron chi connectivity index (χ3n) is 3.48. The van der Waals surface area contributed by atoms with Crippen LogP contribution in [0, 0.1) is 0 Å². The highest BCUT2D eigenvalue weighted by molar-refractivity contribution is 6.04. The molecule has 1 fully saturated rings. The molecule has 2 rings (SSSR count). The number of imide groups is 1. The number of carbonyl (C=O) groups is 3. The largest absolute Gasteiger partial charge is 0.497 e. The van der Waals surface area contributed by atoms with Gasteiger partial charge < -0.3 is 10.1 Å². The number of hydrogen-bond donors (Lipinski definition) is 2. The Balaban J connectivity index is 0.000000891. The Labute approximate surface area is 143 Å². The van der Waals surface area contributed by atoms with E-state index in [0.717, 1.165) is 5.56 Å². The minimum Gasteiger partial charge on any atom is -0.497 e. The predicted molar refractivity (Wildman–Crippen MR) is 92.0 cm³/mol. The Kier molecular flexibility index (Phi) is 7.95. The molecule has 1 aromatic rings. The van der Waals surface area contributed by atoms with Crippen molar-refractivity contribution in [2.45, 2.75) is 52.5 Å². The number of piperidine rings is 1. The van der Waals surface area contributed by atoms with E-state index in [0.29, 0.717) is 24.2 Å². The third-order valence-corrected chi connectivity index (χ3v) is 3.48. The smallest absolute Gasteiger partial charge is 0.252 e. The fraction of sp³-hybridized carbons (Fsp3) is 0.500. The first-order valence-corrected chi connectivity index (χ1v) is 8.28. The topological polar surface area (TPSA) is 84.5 Å². The summed E-state index contributed by atoms with van der Waals surface area (Å²) < 4.78 is 5.14. The maximum absolute atomic E-state index is 12.3. The molecule has 0 saturated carbocycles. The van der Waals surface area contributed by atoms with Gasteiger partial charge in [0.25, 0.3) is 5.91 Å². The lowest BCUT2D eigenvalue weighted by atomic mass is 10.0. The first-order valence-electron chi connectivity index (χ1n) is 8.28. The van der Waals surface area contributed by atoms with Crippen molar-refractivity contribution in [2.75, 3.05) is 7.11 Å². The molecule has 0 aliphatic carbocycles. The molecule has 0 bridgehead atoms. The van der Waals surface area contributed by atoms with Crippen LogP contribution in [-0.4, -0.2) is 30.9 Å². The molecule has 1 saturated heterocycles. The van der Waals surface area contributed by atoms with Gasteiger partial charge in [-0.25, -0.2) is 0 Å². The van der Waals surface area contributed by atoms with E-state index < -0.39 is 11.9 Å². The second-order valence-corrected chi connectivity index (χ2v) is 5.56. The molecule has 6 nitrogen and oxygen atoms in total. The quantitative estimate of drug-likeness (QED) is 0.827. The molecule has 1 aliphatic rings. The molecular weight excluding hydrogens is 308 g/mol. The monoisotopic (exact) mass is 334 g/mol. The molecule has 6 heteroatoms. The van der Waals surface area contributed by atoms with E-state index in [1.807, 2.05) is 6.92 Å². The van der Waals surface area contributed by atoms with Gasteiger partial charge in [0.2, 0.25) is 11.8 Å². The molecule has 1 heterocycles. The van der Waals surface area contributed by atoms with Crippen LogP contribution in [0.25, 0.3) is 0 Å². The number of methoxy groups -OCH3 is 1. The van der Waals surface area contributed by atoms with Crippen molar-refractivity contribution in [3.05, 3.63) is 29.3 Å². The van der Waals surface area contributed by atoms with Crippen molar-refractivity contribution >= 4 is 17.7 Å². The average molecular weight is 334 g/mol. The Morgan fingerprint density at radius 3 is 2.50 bits per heavy atom. The number of aryl methyl sites for hydroxylation is 1. The molecule has 2 N–H and O–H groups in total. The van der Waals surface area contributed by atoms with E-state index in [9.17, 15) is 14.4 Å². The number of hydrogen-bond acceptors (Lipinski definition) is 4. The van der Waals surface area contributed by atoms with Crippen molar-refractivity contribution in [1.82, 2.24) is 10.6 Å². The van der Waals surface area contributed by atoms with Gasteiger partial charge in [0, 0.05) is 12.0 Å². The lowest BCUT2D eigenvalue weighted by Crippen LogP contribution is -2.52. The van der Waals surface area contributed by atoms with Crippen LogP contribution in [-0.2, 0) is 16.0 Å². The zero-order valence-electron chi connectivity index (χ0n) is 14.8. The maximum Gasteiger partial charge on any atom is 0.252 e. The van der Waals surface area contributed by atoms with Crippen molar-refractivity contribution in [3.63, 3.8) is 0 Å². The maximum atomic E-state index is 12.3. The highest BCUT2D eigenvalue weighted by Crippen LogP contribution is 2.19. The molecule has 0 spiro atoms. The zero-order valence-corrected chi connectivity index (χ0v) is 14.8. The molecule has 0 radical (unpaired) electrons. The highest BCUT2D eigenvalue weighted by Gasteiger charge is 2.28. The summed E-state index contributed by atoms with van der Waals surface area (Å²) in [4.78, 5) is 35.0. The van der Waals surface area contributed by atoms with Gasteiger partial charge in [0.05, 0.1) is 7.11 Å². The molecule has 1 aliphatic heterocycles. The van der Waals surface area contributed by atoms with Gasteiger partial charge in [-0.2, -0.15) is 0 Å². The van der Waals surface area contributed by atoms with E-state index in [2.05, 4.69) is 24.5 Å². The van der Waals surface area contributed by atoms with E-state index in [1.165, 1.54) is 6.42 Å². The Morgan fingerprint density at radius 2 is 1.96 bits per heavy atom. The number of carbonyl (C=O) groups excluding carboxylic acids is 3. The van der Waals surface area contributed by atoms with E-state index in [4.69, 9.17) is 4.74 Å². The van der Waals surface area contributed by atoms with Gasteiger partial charge in [-0.1, -0.05) is 27.2 Å². The molecule has 1 atom stereocenters. The van der Waals surface area contributed by atoms with E-state index in [1.54, 1.807) is 25.3 Å². The van der Waals surface area contributed by atoms with Crippen LogP contribution in [0.1, 0.15) is 56.0 Å². The first-order chi connectivity index (χ1) is 11.5. The molecule has 1 aromatic carbocycles. The summed E-state index contributed by atoms with van der Waals surface area (Å²) in [6.07, 6.45) is 2.49. The highest BCUT2D eigenvalue weighted by atomic mass is 16.5. The molecule has 1 unspecified atom stereocenters. The van der Waals surface area contributed by atoms with Gasteiger partial charge in [0.15, 0.2) is 0 Å². The number of rotatable bonds is 4. The second-order valence-electron chi connectivity index (χ2n) is 5.56. The summed E-state index contributed by atoms with van der Waals surface area (Å²) >= 11 is 0. The van der Waals surface area contributed by atoms with Crippen LogP contribution in [0.4, 0.5) is 0 Å². The minimum atomic E-state index is -0.665. The Morgan fingerprint density at radius 1 is 1.29 bits per heavy atom. The molecule has 132 valence electrons. The fourth-order valence-corrected chi connectivity index (χ4v) is 2.28. The normalized spacial score (nSPS) is 16.6. The Bertz CT molecular complexity index is 599. The van der Waals surface area contributed by atoms with Gasteiger partial charge >= 0.3 is 0 Å². The van der Waals surface area contributed by atoms with Crippen LogP contribution in [0.2, 0.25) is 0 Å². The first kappa shape index (κ1) is 19.7. The number of nitrogens with one attached hydrogen (secondary N) is 2. The van der Waals surface area contributed by atoms with Gasteiger partial charge in [-0.3, -0.25) is 19.7 Å². The fourth-order valence-electron chi connectivity index (χ4n) is 2.28. The van der Waals surface area contributed by atoms with Crippen molar-refractivity contribution in [2.24, 2.45) is 0 Å². The molecule has 0 aromatic heterocycles. The minimum absolute atomic E-state index is 0.236. The average Bonchev–Trinajstić information content (AvgIpc) is 2.57. The van der Waals surface area contributed by atoms with Crippen molar-refractivity contribution in [3.8, 4) is 5.75 Å². The lowest BCUT2D eigenvalue weighted by Gasteiger charge is -2.22. The second kappa shape index (κ2) is 9.70. The zero-order chi connectivity index (χ0) is 18.1. The summed E-state index contributed by atoms with van der Waals surface area (Å²) in [6.45, 7) is 6.19. The standard InChI is InChI=1S/C15H18N2O4.C3H8/c1-3-9-8-10(21-2)4-5-11(9)14(19)16-12-6-7-13(18)17-15(12)20;1-3-2/h4-5,8,12H,3,6-7H2,1-2H3,(H,16,19)(H,17,18,20);3H2,1-2H3. The summed E-state index contributed by atoms with van der Waals surface area (Å²) in [5, 5.41) is 4.89. The van der Waals surface area contributed by atoms with Crippen molar-refractivity contribution in [1.29, 1.82) is 0 Å². The molecule has 24 heavy (non-hydrogen) atoms. The SMILES string of the molecule is CCC.CCc1cc(OC)ccc1C(=O)NC1CCC(=O)NC1=O.